The molecule has 0 aliphatic heterocycles. The molecule has 0 saturated heterocycles. The Balaban J connectivity index is 2.02. The highest BCUT2D eigenvalue weighted by molar-refractivity contribution is 5.92. The van der Waals surface area contributed by atoms with E-state index in [-0.39, 0.29) is 23.6 Å². The fourth-order valence-corrected chi connectivity index (χ4v) is 2.86. The van der Waals surface area contributed by atoms with Crippen molar-refractivity contribution in [3.8, 4) is 5.75 Å². The van der Waals surface area contributed by atoms with Gasteiger partial charge in [0.05, 0.1) is 6.04 Å². The Morgan fingerprint density at radius 2 is 1.50 bits per heavy atom. The van der Waals surface area contributed by atoms with Gasteiger partial charge in [0.15, 0.2) is 0 Å². The summed E-state index contributed by atoms with van der Waals surface area (Å²) in [5.74, 6) is 0.565. The average Bonchev–Trinajstić information content (AvgIpc) is 2.65. The van der Waals surface area contributed by atoms with Crippen LogP contribution in [0.1, 0.15) is 56.3 Å². The van der Waals surface area contributed by atoms with Crippen LogP contribution < -0.4 is 10.1 Å². The molecule has 0 heterocycles. The first kappa shape index (κ1) is 21.6. The molecule has 0 aliphatic carbocycles. The number of nitrogens with one attached hydrogen (secondary N) is 1. The van der Waals surface area contributed by atoms with Crippen LogP contribution in [0.25, 0.3) is 6.08 Å². The van der Waals surface area contributed by atoms with Crippen LogP contribution in [-0.2, 0) is 4.79 Å². The van der Waals surface area contributed by atoms with Crippen LogP contribution >= 0.6 is 0 Å². The standard InChI is InChI=1S/C23H27F2NO2/c1-15(2)18-8-10-19(11-9-18)22(16(3)4)26-21(27)14-7-17-5-12-20(13-6-17)28-23(24)25/h5-16,22-23H,1-4H3,(H,26,27)/b14-7+/t22-/m0/s1. The van der Waals surface area contributed by atoms with E-state index < -0.39 is 6.61 Å². The smallest absolute Gasteiger partial charge is 0.387 e. The Labute approximate surface area is 165 Å². The number of hydrogen-bond donors (Lipinski definition) is 1. The van der Waals surface area contributed by atoms with E-state index in [0.717, 1.165) is 11.1 Å². The number of amides is 1. The number of rotatable bonds is 8. The van der Waals surface area contributed by atoms with Crippen molar-refractivity contribution in [1.29, 1.82) is 0 Å². The quantitative estimate of drug-likeness (QED) is 0.570. The van der Waals surface area contributed by atoms with Gasteiger partial charge in [-0.05, 0) is 46.7 Å². The first-order chi connectivity index (χ1) is 13.3. The van der Waals surface area contributed by atoms with Gasteiger partial charge in [-0.25, -0.2) is 0 Å². The Morgan fingerprint density at radius 1 is 0.929 bits per heavy atom. The molecule has 1 atom stereocenters. The van der Waals surface area contributed by atoms with Gasteiger partial charge in [-0.3, -0.25) is 4.79 Å². The predicted octanol–water partition coefficient (Wildman–Crippen LogP) is 5.94. The molecule has 150 valence electrons. The molecule has 2 aromatic carbocycles. The molecule has 3 nitrogen and oxygen atoms in total. The zero-order valence-corrected chi connectivity index (χ0v) is 16.7. The lowest BCUT2D eigenvalue weighted by atomic mass is 9.93. The van der Waals surface area contributed by atoms with Gasteiger partial charge in [0, 0.05) is 6.08 Å². The van der Waals surface area contributed by atoms with Crippen molar-refractivity contribution in [3.05, 3.63) is 71.3 Å². The van der Waals surface area contributed by atoms with E-state index in [1.165, 1.54) is 23.8 Å². The minimum absolute atomic E-state index is 0.0846. The fourth-order valence-electron chi connectivity index (χ4n) is 2.86. The zero-order chi connectivity index (χ0) is 20.7. The molecule has 2 rings (SSSR count). The van der Waals surface area contributed by atoms with Gasteiger partial charge < -0.3 is 10.1 Å². The second-order valence-corrected chi connectivity index (χ2v) is 7.33. The minimum atomic E-state index is -2.85. The molecule has 0 radical (unpaired) electrons. The number of carbonyl (C=O) groups excluding carboxylic acids is 1. The molecular weight excluding hydrogens is 360 g/mol. The minimum Gasteiger partial charge on any atom is -0.435 e. The highest BCUT2D eigenvalue weighted by Gasteiger charge is 2.17. The molecule has 1 N–H and O–H groups in total. The monoisotopic (exact) mass is 387 g/mol. The van der Waals surface area contributed by atoms with Gasteiger partial charge in [-0.1, -0.05) is 64.1 Å². The van der Waals surface area contributed by atoms with Crippen molar-refractivity contribution in [2.24, 2.45) is 5.92 Å². The van der Waals surface area contributed by atoms with Gasteiger partial charge >= 0.3 is 6.61 Å². The molecule has 0 spiro atoms. The first-order valence-corrected chi connectivity index (χ1v) is 9.39. The van der Waals surface area contributed by atoms with Crippen LogP contribution in [0.2, 0.25) is 0 Å². The number of ether oxygens (including phenoxy) is 1. The number of hydrogen-bond acceptors (Lipinski definition) is 2. The summed E-state index contributed by atoms with van der Waals surface area (Å²) in [6.45, 7) is 5.57. The van der Waals surface area contributed by atoms with Gasteiger partial charge in [0.25, 0.3) is 0 Å². The molecule has 0 unspecified atom stereocenters. The molecule has 28 heavy (non-hydrogen) atoms. The van der Waals surface area contributed by atoms with Crippen molar-refractivity contribution in [1.82, 2.24) is 5.32 Å². The summed E-state index contributed by atoms with van der Waals surface area (Å²) < 4.78 is 28.7. The molecule has 5 heteroatoms. The lowest BCUT2D eigenvalue weighted by molar-refractivity contribution is -0.117. The lowest BCUT2D eigenvalue weighted by Gasteiger charge is -2.23. The van der Waals surface area contributed by atoms with Crippen molar-refractivity contribution >= 4 is 12.0 Å². The zero-order valence-electron chi connectivity index (χ0n) is 16.7. The predicted molar refractivity (Wildman–Crippen MR) is 108 cm³/mol. The largest absolute Gasteiger partial charge is 0.435 e. The maximum Gasteiger partial charge on any atom is 0.387 e. The fraction of sp³-hybridized carbons (Fsp3) is 0.348. The third-order valence-electron chi connectivity index (χ3n) is 4.46. The highest BCUT2D eigenvalue weighted by atomic mass is 19.3. The Morgan fingerprint density at radius 3 is 2.00 bits per heavy atom. The Hall–Kier alpha value is -2.69. The molecule has 0 aromatic heterocycles. The van der Waals surface area contributed by atoms with Crippen molar-refractivity contribution in [3.63, 3.8) is 0 Å². The molecule has 0 aliphatic rings. The molecule has 0 fully saturated rings. The number of carbonyl (C=O) groups is 1. The van der Waals surface area contributed by atoms with Crippen LogP contribution in [0.15, 0.2) is 54.6 Å². The van der Waals surface area contributed by atoms with Gasteiger partial charge in [0.2, 0.25) is 5.91 Å². The van der Waals surface area contributed by atoms with E-state index in [1.807, 2.05) is 0 Å². The summed E-state index contributed by atoms with van der Waals surface area (Å²) in [6.07, 6.45) is 3.08. The van der Waals surface area contributed by atoms with E-state index in [1.54, 1.807) is 18.2 Å². The second kappa shape index (κ2) is 10.0. The maximum absolute atomic E-state index is 12.4. The number of benzene rings is 2. The van der Waals surface area contributed by atoms with E-state index in [4.69, 9.17) is 0 Å². The van der Waals surface area contributed by atoms with E-state index in [9.17, 15) is 13.6 Å². The van der Waals surface area contributed by atoms with E-state index in [0.29, 0.717) is 5.92 Å². The Kier molecular flexibility index (Phi) is 7.73. The van der Waals surface area contributed by atoms with E-state index >= 15 is 0 Å². The summed E-state index contributed by atoms with van der Waals surface area (Å²) >= 11 is 0. The van der Waals surface area contributed by atoms with Crippen LogP contribution in [0.4, 0.5) is 8.78 Å². The Bertz CT molecular complexity index is 781. The summed E-state index contributed by atoms with van der Waals surface area (Å²) in [6, 6.07) is 14.3. The topological polar surface area (TPSA) is 38.3 Å². The summed E-state index contributed by atoms with van der Waals surface area (Å²) in [4.78, 5) is 12.4. The van der Waals surface area contributed by atoms with Crippen LogP contribution in [0.3, 0.4) is 0 Å². The lowest BCUT2D eigenvalue weighted by Crippen LogP contribution is -2.30. The highest BCUT2D eigenvalue weighted by Crippen LogP contribution is 2.24. The maximum atomic E-state index is 12.4. The van der Waals surface area contributed by atoms with Crippen molar-refractivity contribution < 1.29 is 18.3 Å². The number of halogens is 2. The number of alkyl halides is 2. The molecular formula is C23H27F2NO2. The first-order valence-electron chi connectivity index (χ1n) is 9.39. The SMILES string of the molecule is CC(C)c1ccc([C@@H](NC(=O)/C=C/c2ccc(OC(F)F)cc2)C(C)C)cc1. The normalized spacial score (nSPS) is 12.8. The van der Waals surface area contributed by atoms with Crippen LogP contribution in [-0.4, -0.2) is 12.5 Å². The van der Waals surface area contributed by atoms with Gasteiger partial charge in [-0.15, -0.1) is 0 Å². The van der Waals surface area contributed by atoms with Crippen LogP contribution in [0.5, 0.6) is 5.75 Å². The summed E-state index contributed by atoms with van der Waals surface area (Å²) in [7, 11) is 0. The third kappa shape index (κ3) is 6.48. The van der Waals surface area contributed by atoms with Crippen molar-refractivity contribution in [2.75, 3.05) is 0 Å². The van der Waals surface area contributed by atoms with Crippen molar-refractivity contribution in [2.45, 2.75) is 46.3 Å². The summed E-state index contributed by atoms with van der Waals surface area (Å²) in [5.41, 5.74) is 3.05. The molecule has 1 amide bonds. The molecule has 2 aromatic rings. The second-order valence-electron chi connectivity index (χ2n) is 7.33. The summed E-state index contributed by atoms with van der Waals surface area (Å²) in [5, 5.41) is 3.04. The molecule has 0 saturated carbocycles. The third-order valence-corrected chi connectivity index (χ3v) is 4.46. The van der Waals surface area contributed by atoms with Gasteiger partial charge in [-0.2, -0.15) is 8.78 Å². The molecule has 0 bridgehead atoms. The van der Waals surface area contributed by atoms with Gasteiger partial charge in [0.1, 0.15) is 5.75 Å². The van der Waals surface area contributed by atoms with E-state index in [2.05, 4.69) is 62.0 Å². The average molecular weight is 387 g/mol. The van der Waals surface area contributed by atoms with Crippen LogP contribution in [0, 0.1) is 5.92 Å².